The lowest BCUT2D eigenvalue weighted by molar-refractivity contribution is 0.0881. The molecule has 4 nitrogen and oxygen atoms in total. The number of aryl methyl sites for hydroxylation is 1. The van der Waals surface area contributed by atoms with Gasteiger partial charge in [-0.3, -0.25) is 4.79 Å². The highest BCUT2D eigenvalue weighted by Crippen LogP contribution is 2.35. The third-order valence-electron chi connectivity index (χ3n) is 5.19. The van der Waals surface area contributed by atoms with Crippen LogP contribution in [-0.4, -0.2) is 35.5 Å². The Morgan fingerprint density at radius 2 is 2.12 bits per heavy atom. The minimum absolute atomic E-state index is 0.0791. The number of benzene rings is 1. The molecule has 0 saturated carbocycles. The molecule has 2 aliphatic rings. The molecule has 1 saturated heterocycles. The standard InChI is InChI=1S/C19H21ClN2O2/c20-15-5-3-4-14(12-15)18-17-16(24-21-18)7-6-13(19(17)23)8-11-22-9-1-2-10-22/h3-5,12-13H,1-2,6-11H2. The van der Waals surface area contributed by atoms with Crippen molar-refractivity contribution in [3.05, 3.63) is 40.6 Å². The molecule has 0 radical (unpaired) electrons. The summed E-state index contributed by atoms with van der Waals surface area (Å²) in [5.41, 5.74) is 2.17. The largest absolute Gasteiger partial charge is 0.360 e. The van der Waals surface area contributed by atoms with Crippen LogP contribution in [0.25, 0.3) is 11.3 Å². The van der Waals surface area contributed by atoms with Gasteiger partial charge in [-0.1, -0.05) is 28.9 Å². The van der Waals surface area contributed by atoms with E-state index >= 15 is 0 Å². The number of hydrogen-bond donors (Lipinski definition) is 0. The van der Waals surface area contributed by atoms with Gasteiger partial charge in [0.15, 0.2) is 5.78 Å². The first-order valence-corrected chi connectivity index (χ1v) is 9.11. The van der Waals surface area contributed by atoms with E-state index in [9.17, 15) is 4.79 Å². The van der Waals surface area contributed by atoms with Crippen LogP contribution in [0.1, 0.15) is 41.8 Å². The monoisotopic (exact) mass is 344 g/mol. The van der Waals surface area contributed by atoms with Crippen molar-refractivity contribution in [1.82, 2.24) is 10.1 Å². The summed E-state index contributed by atoms with van der Waals surface area (Å²) >= 11 is 6.08. The predicted molar refractivity (Wildman–Crippen MR) is 93.4 cm³/mol. The van der Waals surface area contributed by atoms with E-state index in [1.54, 1.807) is 0 Å². The lowest BCUT2D eigenvalue weighted by Crippen LogP contribution is -2.28. The van der Waals surface area contributed by atoms with Crippen LogP contribution in [0, 0.1) is 5.92 Å². The van der Waals surface area contributed by atoms with E-state index in [0.717, 1.165) is 37.1 Å². The Morgan fingerprint density at radius 1 is 1.29 bits per heavy atom. The summed E-state index contributed by atoms with van der Waals surface area (Å²) in [4.78, 5) is 15.5. The molecule has 1 unspecified atom stereocenters. The number of carbonyl (C=O) groups is 1. The second-order valence-corrected chi connectivity index (χ2v) is 7.21. The van der Waals surface area contributed by atoms with Crippen LogP contribution in [0.5, 0.6) is 0 Å². The molecule has 1 aromatic carbocycles. The van der Waals surface area contributed by atoms with Gasteiger partial charge in [-0.25, -0.2) is 0 Å². The van der Waals surface area contributed by atoms with Crippen molar-refractivity contribution < 1.29 is 9.32 Å². The number of nitrogens with zero attached hydrogens (tertiary/aromatic N) is 2. The number of ketones is 1. The van der Waals surface area contributed by atoms with E-state index in [1.165, 1.54) is 25.9 Å². The average molecular weight is 345 g/mol. The fraction of sp³-hybridized carbons (Fsp3) is 0.474. The van der Waals surface area contributed by atoms with Crippen LogP contribution in [-0.2, 0) is 6.42 Å². The molecule has 4 rings (SSSR count). The number of carbonyl (C=O) groups excluding carboxylic acids is 1. The molecule has 0 amide bonds. The van der Waals surface area contributed by atoms with Gasteiger partial charge >= 0.3 is 0 Å². The van der Waals surface area contributed by atoms with Crippen LogP contribution in [0.3, 0.4) is 0 Å². The van der Waals surface area contributed by atoms with E-state index in [1.807, 2.05) is 24.3 Å². The fourth-order valence-corrected chi connectivity index (χ4v) is 4.03. The minimum Gasteiger partial charge on any atom is -0.360 e. The van der Waals surface area contributed by atoms with E-state index in [2.05, 4.69) is 10.1 Å². The van der Waals surface area contributed by atoms with Crippen molar-refractivity contribution in [1.29, 1.82) is 0 Å². The molecule has 5 heteroatoms. The molecule has 126 valence electrons. The molecular formula is C19H21ClN2O2. The molecule has 1 atom stereocenters. The summed E-state index contributed by atoms with van der Waals surface area (Å²) in [7, 11) is 0. The van der Waals surface area contributed by atoms with Gasteiger partial charge in [-0.2, -0.15) is 0 Å². The molecular weight excluding hydrogens is 324 g/mol. The van der Waals surface area contributed by atoms with E-state index in [-0.39, 0.29) is 11.7 Å². The molecule has 0 bridgehead atoms. The Bertz CT molecular complexity index is 750. The van der Waals surface area contributed by atoms with Crippen LogP contribution >= 0.6 is 11.6 Å². The molecule has 1 aliphatic heterocycles. The topological polar surface area (TPSA) is 46.3 Å². The van der Waals surface area contributed by atoms with Crippen molar-refractivity contribution in [3.63, 3.8) is 0 Å². The number of rotatable bonds is 4. The first kappa shape index (κ1) is 15.9. The molecule has 0 N–H and O–H groups in total. The normalized spacial score (nSPS) is 21.2. The maximum absolute atomic E-state index is 13.0. The number of fused-ring (bicyclic) bond motifs is 1. The van der Waals surface area contributed by atoms with Crippen LogP contribution in [0.2, 0.25) is 5.02 Å². The van der Waals surface area contributed by atoms with Crippen molar-refractivity contribution in [2.75, 3.05) is 19.6 Å². The Morgan fingerprint density at radius 3 is 2.92 bits per heavy atom. The molecule has 24 heavy (non-hydrogen) atoms. The zero-order valence-corrected chi connectivity index (χ0v) is 14.4. The zero-order chi connectivity index (χ0) is 16.5. The summed E-state index contributed by atoms with van der Waals surface area (Å²) in [6, 6.07) is 7.45. The van der Waals surface area contributed by atoms with E-state index in [0.29, 0.717) is 16.3 Å². The summed E-state index contributed by atoms with van der Waals surface area (Å²) in [6.45, 7) is 3.36. The third kappa shape index (κ3) is 3.01. The lowest BCUT2D eigenvalue weighted by atomic mass is 9.82. The average Bonchev–Trinajstić information content (AvgIpc) is 3.24. The fourth-order valence-electron chi connectivity index (χ4n) is 3.84. The van der Waals surface area contributed by atoms with Crippen molar-refractivity contribution in [3.8, 4) is 11.3 Å². The maximum Gasteiger partial charge on any atom is 0.171 e. The second-order valence-electron chi connectivity index (χ2n) is 6.78. The molecule has 0 spiro atoms. The van der Waals surface area contributed by atoms with Gasteiger partial charge in [-0.15, -0.1) is 0 Å². The summed E-state index contributed by atoms with van der Waals surface area (Å²) < 4.78 is 5.45. The van der Waals surface area contributed by atoms with Crippen molar-refractivity contribution in [2.45, 2.75) is 32.1 Å². The molecule has 1 aliphatic carbocycles. The zero-order valence-electron chi connectivity index (χ0n) is 13.6. The van der Waals surface area contributed by atoms with Crippen LogP contribution in [0.4, 0.5) is 0 Å². The van der Waals surface area contributed by atoms with Gasteiger partial charge in [0.05, 0.1) is 5.56 Å². The highest BCUT2D eigenvalue weighted by molar-refractivity contribution is 6.30. The quantitative estimate of drug-likeness (QED) is 0.832. The van der Waals surface area contributed by atoms with Crippen molar-refractivity contribution in [2.24, 2.45) is 5.92 Å². The Balaban J connectivity index is 1.56. The highest BCUT2D eigenvalue weighted by atomic mass is 35.5. The van der Waals surface area contributed by atoms with Gasteiger partial charge in [-0.05, 0) is 57.5 Å². The molecule has 2 aromatic rings. The van der Waals surface area contributed by atoms with Gasteiger partial charge in [0.25, 0.3) is 0 Å². The Kier molecular flexibility index (Phi) is 4.42. The first-order chi connectivity index (χ1) is 11.7. The van der Waals surface area contributed by atoms with Crippen molar-refractivity contribution >= 4 is 17.4 Å². The SMILES string of the molecule is O=C1c2c(-c3cccc(Cl)c3)noc2CCC1CCN1CCCC1. The van der Waals surface area contributed by atoms with Gasteiger partial charge < -0.3 is 9.42 Å². The van der Waals surface area contributed by atoms with E-state index in [4.69, 9.17) is 16.1 Å². The first-order valence-electron chi connectivity index (χ1n) is 8.73. The minimum atomic E-state index is 0.0791. The lowest BCUT2D eigenvalue weighted by Gasteiger charge is -2.23. The van der Waals surface area contributed by atoms with Gasteiger partial charge in [0.1, 0.15) is 11.5 Å². The smallest absolute Gasteiger partial charge is 0.171 e. The van der Waals surface area contributed by atoms with E-state index < -0.39 is 0 Å². The predicted octanol–water partition coefficient (Wildman–Crippen LogP) is 4.23. The summed E-state index contributed by atoms with van der Waals surface area (Å²) in [5, 5.41) is 4.80. The number of hydrogen-bond acceptors (Lipinski definition) is 4. The van der Waals surface area contributed by atoms with Crippen LogP contribution in [0.15, 0.2) is 28.8 Å². The molecule has 1 aromatic heterocycles. The van der Waals surface area contributed by atoms with Gasteiger partial charge in [0.2, 0.25) is 0 Å². The Labute approximate surface area is 146 Å². The molecule has 2 heterocycles. The number of halogens is 1. The maximum atomic E-state index is 13.0. The number of likely N-dealkylation sites (tertiary alicyclic amines) is 1. The number of aromatic nitrogens is 1. The summed E-state index contributed by atoms with van der Waals surface area (Å²) in [6.07, 6.45) is 5.16. The highest BCUT2D eigenvalue weighted by Gasteiger charge is 2.34. The number of Topliss-reactive ketones (excluding diaryl/α,β-unsaturated/α-hetero) is 1. The van der Waals surface area contributed by atoms with Gasteiger partial charge in [0, 0.05) is 22.9 Å². The van der Waals surface area contributed by atoms with Crippen LogP contribution < -0.4 is 0 Å². The second kappa shape index (κ2) is 6.69. The summed E-state index contributed by atoms with van der Waals surface area (Å²) in [5.74, 6) is 0.995. The molecule has 1 fully saturated rings. The Hall–Kier alpha value is -1.65. The third-order valence-corrected chi connectivity index (χ3v) is 5.43.